The first-order chi connectivity index (χ1) is 13.1. The Hall–Kier alpha value is -2.28. The van der Waals surface area contributed by atoms with Crippen molar-refractivity contribution in [1.29, 1.82) is 0 Å². The molecule has 0 spiro atoms. The highest BCUT2D eigenvalue weighted by Crippen LogP contribution is 2.21. The number of hydrogen-bond acceptors (Lipinski definition) is 4. The van der Waals surface area contributed by atoms with Gasteiger partial charge in [-0.1, -0.05) is 18.5 Å². The average Bonchev–Trinajstić information content (AvgIpc) is 3.10. The SMILES string of the molecule is CCNC(=NCCCOc1ccc(Cl)cc1C)NCCn1cnnc1CC. The van der Waals surface area contributed by atoms with E-state index in [0.717, 1.165) is 60.6 Å². The highest BCUT2D eigenvalue weighted by atomic mass is 35.5. The number of nitrogens with one attached hydrogen (secondary N) is 2. The summed E-state index contributed by atoms with van der Waals surface area (Å²) in [6.07, 6.45) is 3.48. The summed E-state index contributed by atoms with van der Waals surface area (Å²) in [6.45, 7) is 9.81. The summed E-state index contributed by atoms with van der Waals surface area (Å²) in [7, 11) is 0. The van der Waals surface area contributed by atoms with E-state index in [-0.39, 0.29) is 0 Å². The highest BCUT2D eigenvalue weighted by Gasteiger charge is 2.03. The number of halogens is 1. The molecule has 0 aliphatic rings. The van der Waals surface area contributed by atoms with Crippen LogP contribution < -0.4 is 15.4 Å². The molecule has 27 heavy (non-hydrogen) atoms. The number of benzene rings is 1. The molecule has 0 fully saturated rings. The number of rotatable bonds is 10. The van der Waals surface area contributed by atoms with E-state index in [0.29, 0.717) is 13.2 Å². The summed E-state index contributed by atoms with van der Waals surface area (Å²) < 4.78 is 7.86. The molecule has 0 bridgehead atoms. The lowest BCUT2D eigenvalue weighted by Gasteiger charge is -2.12. The molecule has 0 unspecified atom stereocenters. The monoisotopic (exact) mass is 392 g/mol. The van der Waals surface area contributed by atoms with Gasteiger partial charge in [0, 0.05) is 44.0 Å². The van der Waals surface area contributed by atoms with E-state index < -0.39 is 0 Å². The Labute approximate surface area is 166 Å². The Balaban J connectivity index is 1.72. The van der Waals surface area contributed by atoms with Crippen LogP contribution in [0.2, 0.25) is 5.02 Å². The fraction of sp³-hybridized carbons (Fsp3) is 0.526. The number of ether oxygens (including phenoxy) is 1. The summed E-state index contributed by atoms with van der Waals surface area (Å²) in [6, 6.07) is 5.65. The second-order valence-corrected chi connectivity index (χ2v) is 6.53. The van der Waals surface area contributed by atoms with E-state index in [1.54, 1.807) is 6.33 Å². The second kappa shape index (κ2) is 11.4. The summed E-state index contributed by atoms with van der Waals surface area (Å²) >= 11 is 5.96. The summed E-state index contributed by atoms with van der Waals surface area (Å²) in [4.78, 5) is 4.60. The van der Waals surface area contributed by atoms with Gasteiger partial charge in [0.1, 0.15) is 17.9 Å². The number of guanidine groups is 1. The maximum Gasteiger partial charge on any atom is 0.191 e. The van der Waals surface area contributed by atoms with Crippen LogP contribution in [0, 0.1) is 6.92 Å². The number of nitrogens with zero attached hydrogens (tertiary/aromatic N) is 4. The molecule has 8 heteroatoms. The van der Waals surface area contributed by atoms with Gasteiger partial charge in [-0.25, -0.2) is 0 Å². The van der Waals surface area contributed by atoms with E-state index in [1.165, 1.54) is 0 Å². The van der Waals surface area contributed by atoms with Crippen molar-refractivity contribution in [2.75, 3.05) is 26.2 Å². The van der Waals surface area contributed by atoms with Gasteiger partial charge in [0.05, 0.1) is 6.61 Å². The Bertz CT molecular complexity index is 731. The number of hydrogen-bond donors (Lipinski definition) is 2. The van der Waals surface area contributed by atoms with E-state index in [1.807, 2.05) is 25.1 Å². The molecule has 2 N–H and O–H groups in total. The molecule has 0 saturated heterocycles. The Morgan fingerprint density at radius 3 is 2.89 bits per heavy atom. The molecule has 0 aliphatic heterocycles. The van der Waals surface area contributed by atoms with Crippen LogP contribution in [0.4, 0.5) is 0 Å². The Morgan fingerprint density at radius 1 is 1.30 bits per heavy atom. The third-order valence-electron chi connectivity index (χ3n) is 3.97. The number of aromatic nitrogens is 3. The molecule has 0 radical (unpaired) electrons. The van der Waals surface area contributed by atoms with E-state index >= 15 is 0 Å². The fourth-order valence-corrected chi connectivity index (χ4v) is 2.81. The van der Waals surface area contributed by atoms with Crippen LogP contribution in [-0.2, 0) is 13.0 Å². The van der Waals surface area contributed by atoms with Crippen LogP contribution in [0.1, 0.15) is 31.7 Å². The molecule has 1 heterocycles. The molecule has 0 saturated carbocycles. The molecule has 0 amide bonds. The molecule has 7 nitrogen and oxygen atoms in total. The lowest BCUT2D eigenvalue weighted by Crippen LogP contribution is -2.39. The zero-order valence-electron chi connectivity index (χ0n) is 16.3. The first-order valence-electron chi connectivity index (χ1n) is 9.41. The van der Waals surface area contributed by atoms with Crippen LogP contribution in [-0.4, -0.2) is 47.0 Å². The van der Waals surface area contributed by atoms with Crippen LogP contribution in [0.5, 0.6) is 5.75 Å². The first-order valence-corrected chi connectivity index (χ1v) is 9.79. The molecule has 0 atom stereocenters. The molecule has 1 aromatic heterocycles. The maximum atomic E-state index is 5.96. The van der Waals surface area contributed by atoms with Crippen molar-refractivity contribution in [3.63, 3.8) is 0 Å². The third kappa shape index (κ3) is 7.09. The quantitative estimate of drug-likeness (QED) is 0.369. The van der Waals surface area contributed by atoms with Crippen LogP contribution in [0.25, 0.3) is 0 Å². The van der Waals surface area contributed by atoms with E-state index in [2.05, 4.69) is 44.2 Å². The van der Waals surface area contributed by atoms with Crippen molar-refractivity contribution < 1.29 is 4.74 Å². The first kappa shape index (κ1) is 21.0. The van der Waals surface area contributed by atoms with Gasteiger partial charge in [-0.3, -0.25) is 4.99 Å². The van der Waals surface area contributed by atoms with Gasteiger partial charge in [0.25, 0.3) is 0 Å². The van der Waals surface area contributed by atoms with Crippen molar-refractivity contribution >= 4 is 17.6 Å². The molecular weight excluding hydrogens is 364 g/mol. The van der Waals surface area contributed by atoms with Gasteiger partial charge < -0.3 is 19.9 Å². The lowest BCUT2D eigenvalue weighted by molar-refractivity contribution is 0.311. The molecule has 148 valence electrons. The molecule has 2 rings (SSSR count). The summed E-state index contributed by atoms with van der Waals surface area (Å²) in [5.41, 5.74) is 1.04. The maximum absolute atomic E-state index is 5.96. The van der Waals surface area contributed by atoms with Crippen molar-refractivity contribution in [3.05, 3.63) is 40.9 Å². The third-order valence-corrected chi connectivity index (χ3v) is 4.20. The minimum absolute atomic E-state index is 0.617. The summed E-state index contributed by atoms with van der Waals surface area (Å²) in [5.74, 6) is 2.67. The molecule has 2 aromatic rings. The zero-order valence-corrected chi connectivity index (χ0v) is 17.1. The van der Waals surface area contributed by atoms with Gasteiger partial charge in [-0.15, -0.1) is 10.2 Å². The largest absolute Gasteiger partial charge is 0.493 e. The Morgan fingerprint density at radius 2 is 2.15 bits per heavy atom. The topological polar surface area (TPSA) is 76.4 Å². The smallest absolute Gasteiger partial charge is 0.191 e. The normalized spacial score (nSPS) is 11.5. The van der Waals surface area contributed by atoms with E-state index in [4.69, 9.17) is 16.3 Å². The van der Waals surface area contributed by atoms with Crippen molar-refractivity contribution in [3.8, 4) is 5.75 Å². The van der Waals surface area contributed by atoms with Crippen molar-refractivity contribution in [1.82, 2.24) is 25.4 Å². The van der Waals surface area contributed by atoms with E-state index in [9.17, 15) is 0 Å². The number of aryl methyl sites for hydroxylation is 2. The predicted octanol–water partition coefficient (Wildman–Crippen LogP) is 2.83. The van der Waals surface area contributed by atoms with Gasteiger partial charge in [-0.05, 0) is 37.6 Å². The van der Waals surface area contributed by atoms with Crippen molar-refractivity contribution in [2.24, 2.45) is 4.99 Å². The molecular formula is C19H29ClN6O. The van der Waals surface area contributed by atoms with Gasteiger partial charge >= 0.3 is 0 Å². The van der Waals surface area contributed by atoms with Gasteiger partial charge in [0.2, 0.25) is 0 Å². The minimum Gasteiger partial charge on any atom is -0.493 e. The zero-order chi connectivity index (χ0) is 19.5. The Kier molecular flexibility index (Phi) is 8.91. The highest BCUT2D eigenvalue weighted by molar-refractivity contribution is 6.30. The molecule has 0 aliphatic carbocycles. The minimum atomic E-state index is 0.617. The second-order valence-electron chi connectivity index (χ2n) is 6.09. The lowest BCUT2D eigenvalue weighted by atomic mass is 10.2. The van der Waals surface area contributed by atoms with Crippen LogP contribution >= 0.6 is 11.6 Å². The van der Waals surface area contributed by atoms with Crippen LogP contribution in [0.15, 0.2) is 29.5 Å². The molecule has 1 aromatic carbocycles. The van der Waals surface area contributed by atoms with Gasteiger partial charge in [0.15, 0.2) is 5.96 Å². The summed E-state index contributed by atoms with van der Waals surface area (Å²) in [5, 5.41) is 15.4. The van der Waals surface area contributed by atoms with Gasteiger partial charge in [-0.2, -0.15) is 0 Å². The predicted molar refractivity (Wildman–Crippen MR) is 110 cm³/mol. The standard InChI is InChI=1S/C19H29ClN6O/c1-4-18-25-24-14-26(18)11-10-23-19(21-5-2)22-9-6-12-27-17-8-7-16(20)13-15(17)3/h7-8,13-14H,4-6,9-12H2,1-3H3,(H2,21,22,23). The number of aliphatic imine (C=N–C) groups is 1. The average molecular weight is 393 g/mol. The van der Waals surface area contributed by atoms with Crippen molar-refractivity contribution in [2.45, 2.75) is 40.2 Å². The van der Waals surface area contributed by atoms with Crippen LogP contribution in [0.3, 0.4) is 0 Å². The fourth-order valence-electron chi connectivity index (χ4n) is 2.59.